The maximum Gasteiger partial charge on any atom is 0.341 e. The molecule has 2 amide bonds. The minimum absolute atomic E-state index is 0.0617. The fraction of sp³-hybridized carbons (Fsp3) is 0.706. The third-order valence-corrected chi connectivity index (χ3v) is 12.6. The van der Waals surface area contributed by atoms with Crippen molar-refractivity contribution in [3.63, 3.8) is 0 Å². The molecule has 21 heteroatoms. The molecule has 1 aromatic carbocycles. The number of carbonyl (C=O) groups is 3. The van der Waals surface area contributed by atoms with Crippen LogP contribution in [0.5, 0.6) is 0 Å². The number of fused-ring (bicyclic) bond motifs is 1. The Morgan fingerprint density at radius 1 is 0.891 bits per heavy atom. The number of benzene rings is 1. The van der Waals surface area contributed by atoms with Crippen molar-refractivity contribution in [2.75, 3.05) is 89.5 Å². The molecule has 55 heavy (non-hydrogen) atoms. The van der Waals surface area contributed by atoms with E-state index in [0.717, 1.165) is 17.8 Å². The molecule has 0 spiro atoms. The number of rotatable bonds is 27. The number of Topliss-reactive ketones (excluding diaryl/α,β-unsaturated/α-hetero) is 1. The van der Waals surface area contributed by atoms with E-state index in [1.165, 1.54) is 0 Å². The van der Waals surface area contributed by atoms with Crippen LogP contribution in [0.4, 0.5) is 11.4 Å². The highest BCUT2D eigenvalue weighted by atomic mass is 31.2. The number of ether oxygens (including phenoxy) is 5. The second kappa shape index (κ2) is 22.2. The van der Waals surface area contributed by atoms with Crippen LogP contribution in [0.3, 0.4) is 0 Å². The van der Waals surface area contributed by atoms with Crippen molar-refractivity contribution < 1.29 is 66.8 Å². The summed E-state index contributed by atoms with van der Waals surface area (Å²) >= 11 is 0. The van der Waals surface area contributed by atoms with Crippen molar-refractivity contribution in [1.29, 1.82) is 0 Å². The summed E-state index contributed by atoms with van der Waals surface area (Å²) in [6.45, 7) is 10.4. The Bertz CT molecular complexity index is 1530. The van der Waals surface area contributed by atoms with E-state index >= 15 is 0 Å². The Kier molecular flexibility index (Phi) is 18.8. The largest absolute Gasteiger partial charge is 0.384 e. The minimum Gasteiger partial charge on any atom is -0.384 e. The SMILES string of the molecule is CC1=NN(c2ccc(C(N)=O)c(NCCCOCCOCCOCCOCCOCCCNC(=O)CC(P(=O)(O)O)P(=O)(O)O)c2)C2CC(C)(C)CC(=O)C12. The van der Waals surface area contributed by atoms with E-state index < -0.39 is 38.8 Å². The molecule has 1 saturated carbocycles. The van der Waals surface area contributed by atoms with Crippen molar-refractivity contribution >= 4 is 49.9 Å². The molecule has 0 saturated heterocycles. The van der Waals surface area contributed by atoms with Crippen LogP contribution in [0.25, 0.3) is 0 Å². The Morgan fingerprint density at radius 3 is 1.91 bits per heavy atom. The maximum atomic E-state index is 12.9. The monoisotopic (exact) mass is 821 g/mol. The molecule has 8 N–H and O–H groups in total. The van der Waals surface area contributed by atoms with Crippen LogP contribution in [-0.2, 0) is 42.4 Å². The highest BCUT2D eigenvalue weighted by Crippen LogP contribution is 2.61. The predicted octanol–water partition coefficient (Wildman–Crippen LogP) is 1.82. The number of carbonyl (C=O) groups excluding carboxylic acids is 3. The summed E-state index contributed by atoms with van der Waals surface area (Å²) in [6.07, 6.45) is 1.43. The summed E-state index contributed by atoms with van der Waals surface area (Å²) in [7, 11) is -10.3. The Hall–Kier alpha value is -2.80. The Morgan fingerprint density at radius 2 is 1.40 bits per heavy atom. The molecule has 0 radical (unpaired) electrons. The van der Waals surface area contributed by atoms with Crippen LogP contribution in [0, 0.1) is 11.3 Å². The van der Waals surface area contributed by atoms with Crippen LogP contribution < -0.4 is 21.4 Å². The second-order valence-corrected chi connectivity index (χ2v) is 18.2. The van der Waals surface area contributed by atoms with Gasteiger partial charge in [-0.2, -0.15) is 5.10 Å². The number of nitrogens with two attached hydrogens (primary N) is 1. The lowest BCUT2D eigenvalue weighted by Gasteiger charge is -2.39. The summed E-state index contributed by atoms with van der Waals surface area (Å²) in [5.74, 6) is -1.42. The van der Waals surface area contributed by atoms with E-state index in [0.29, 0.717) is 96.5 Å². The quantitative estimate of drug-likeness (QED) is 0.0492. The Labute approximate surface area is 321 Å². The first-order chi connectivity index (χ1) is 25.9. The molecule has 0 bridgehead atoms. The number of hydrogen-bond acceptors (Lipinski definition) is 13. The summed E-state index contributed by atoms with van der Waals surface area (Å²) in [5.41, 5.74) is 8.12. The first-order valence-corrected chi connectivity index (χ1v) is 21.6. The Balaban J connectivity index is 1.16. The van der Waals surface area contributed by atoms with Gasteiger partial charge in [0.1, 0.15) is 5.78 Å². The molecule has 2 unspecified atom stereocenters. The topological polar surface area (TPSA) is 278 Å². The molecule has 1 heterocycles. The number of nitrogens with zero attached hydrogens (tertiary/aromatic N) is 2. The van der Waals surface area contributed by atoms with Gasteiger partial charge in [-0.1, -0.05) is 13.8 Å². The highest BCUT2D eigenvalue weighted by Gasteiger charge is 2.48. The molecule has 0 aromatic heterocycles. The standard InChI is InChI=1S/C34H57N5O14P2/c1-24-32-28(22-34(2,3)23-29(32)40)39(38-24)25-6-7-26(33(35)42)27(20-25)36-8-4-10-49-12-14-51-16-18-53-19-17-52-15-13-50-11-5-9-37-30(41)21-31(54(43,44)45)55(46,47)48/h6-7,20,28,31-32,36H,4-5,8-19,21-23H2,1-3H3,(H2,35,42)(H,37,41)(H2,43,44,45)(H2,46,47,48). The van der Waals surface area contributed by atoms with Crippen molar-refractivity contribution in [3.8, 4) is 0 Å². The summed E-state index contributed by atoms with van der Waals surface area (Å²) in [6, 6.07) is 5.31. The van der Waals surface area contributed by atoms with E-state index in [4.69, 9.17) is 54.1 Å². The van der Waals surface area contributed by atoms with Gasteiger partial charge in [0.25, 0.3) is 5.91 Å². The van der Waals surface area contributed by atoms with Gasteiger partial charge in [0, 0.05) is 44.1 Å². The van der Waals surface area contributed by atoms with Crippen molar-refractivity contribution in [3.05, 3.63) is 23.8 Å². The van der Waals surface area contributed by atoms with Gasteiger partial charge in [0.05, 0.1) is 82.5 Å². The average Bonchev–Trinajstić information content (AvgIpc) is 3.41. The highest BCUT2D eigenvalue weighted by molar-refractivity contribution is 7.70. The van der Waals surface area contributed by atoms with E-state index in [1.807, 2.05) is 24.1 Å². The molecule has 312 valence electrons. The summed E-state index contributed by atoms with van der Waals surface area (Å²) < 4.78 is 49.9. The van der Waals surface area contributed by atoms with Crippen molar-refractivity contribution in [2.45, 2.75) is 64.3 Å². The van der Waals surface area contributed by atoms with Crippen LogP contribution in [-0.4, -0.2) is 133 Å². The summed E-state index contributed by atoms with van der Waals surface area (Å²) in [5, 5.41) is 9.93. The number of nitrogens with one attached hydrogen (secondary N) is 2. The number of amides is 2. The third-order valence-electron chi connectivity index (χ3n) is 8.91. The predicted molar refractivity (Wildman–Crippen MR) is 203 cm³/mol. The van der Waals surface area contributed by atoms with Gasteiger partial charge >= 0.3 is 15.2 Å². The van der Waals surface area contributed by atoms with Gasteiger partial charge in [-0.25, -0.2) is 0 Å². The number of ketones is 1. The zero-order valence-corrected chi connectivity index (χ0v) is 33.5. The van der Waals surface area contributed by atoms with Gasteiger partial charge < -0.3 is 59.6 Å². The van der Waals surface area contributed by atoms with Crippen LogP contribution >= 0.6 is 15.2 Å². The molecule has 1 aliphatic carbocycles. The number of primary amides is 1. The zero-order valence-electron chi connectivity index (χ0n) is 31.7. The van der Waals surface area contributed by atoms with Crippen LogP contribution in [0.1, 0.15) is 63.2 Å². The second-order valence-electron chi connectivity index (χ2n) is 14.1. The first kappa shape index (κ1) is 46.6. The number of hydrazone groups is 1. The third kappa shape index (κ3) is 15.9. The molecular weight excluding hydrogens is 764 g/mol. The molecule has 19 nitrogen and oxygen atoms in total. The lowest BCUT2D eigenvalue weighted by atomic mass is 9.68. The number of anilines is 2. The van der Waals surface area contributed by atoms with E-state index in [2.05, 4.69) is 24.5 Å². The molecule has 1 aromatic rings. The van der Waals surface area contributed by atoms with Gasteiger partial charge in [0.2, 0.25) is 5.91 Å². The van der Waals surface area contributed by atoms with E-state index in [-0.39, 0.29) is 36.3 Å². The number of hydrogen-bond donors (Lipinski definition) is 7. The van der Waals surface area contributed by atoms with Gasteiger partial charge in [0.15, 0.2) is 5.40 Å². The average molecular weight is 822 g/mol. The molecule has 2 atom stereocenters. The molecular formula is C34H57N5O14P2. The van der Waals surface area contributed by atoms with Gasteiger partial charge in [-0.3, -0.25) is 28.5 Å². The van der Waals surface area contributed by atoms with Crippen LogP contribution in [0.2, 0.25) is 0 Å². The van der Waals surface area contributed by atoms with Crippen molar-refractivity contribution in [1.82, 2.24) is 5.32 Å². The molecule has 1 aliphatic heterocycles. The minimum atomic E-state index is -5.15. The first-order valence-electron chi connectivity index (χ1n) is 18.2. The fourth-order valence-corrected chi connectivity index (χ4v) is 8.71. The van der Waals surface area contributed by atoms with E-state index in [9.17, 15) is 23.5 Å². The smallest absolute Gasteiger partial charge is 0.341 e. The van der Waals surface area contributed by atoms with Crippen molar-refractivity contribution in [2.24, 2.45) is 22.2 Å². The zero-order chi connectivity index (χ0) is 40.6. The van der Waals surface area contributed by atoms with Gasteiger partial charge in [-0.05, 0) is 49.8 Å². The van der Waals surface area contributed by atoms with Crippen LogP contribution in [0.15, 0.2) is 23.3 Å². The normalized spacial score (nSPS) is 18.4. The van der Waals surface area contributed by atoms with Gasteiger partial charge in [-0.15, -0.1) is 0 Å². The summed E-state index contributed by atoms with van der Waals surface area (Å²) in [4.78, 5) is 73.1. The lowest BCUT2D eigenvalue weighted by molar-refractivity contribution is -0.125. The van der Waals surface area contributed by atoms with E-state index in [1.54, 1.807) is 6.07 Å². The molecule has 3 rings (SSSR count). The molecule has 2 aliphatic rings. The molecule has 1 fully saturated rings. The lowest BCUT2D eigenvalue weighted by Crippen LogP contribution is -2.46. The maximum absolute atomic E-state index is 12.9. The fourth-order valence-electron chi connectivity index (χ4n) is 6.34.